The normalized spacial score (nSPS) is 10.7. The van der Waals surface area contributed by atoms with Crippen LogP contribution in [-0.2, 0) is 9.53 Å². The zero-order chi connectivity index (χ0) is 13.8. The Balaban J connectivity index is 3.12. The van der Waals surface area contributed by atoms with Gasteiger partial charge in [-0.3, -0.25) is 4.79 Å². The van der Waals surface area contributed by atoms with Crippen LogP contribution in [-0.4, -0.2) is 25.2 Å². The Morgan fingerprint density at radius 3 is 2.22 bits per heavy atom. The molecule has 0 aliphatic carbocycles. The van der Waals surface area contributed by atoms with Gasteiger partial charge in [0.15, 0.2) is 0 Å². The lowest BCUT2D eigenvalue weighted by atomic mass is 10.1. The molecule has 0 aromatic carbocycles. The second kappa shape index (κ2) is 11.3. The van der Waals surface area contributed by atoms with E-state index in [4.69, 9.17) is 4.74 Å². The Labute approximate surface area is 112 Å². The topological polar surface area (TPSA) is 38.3 Å². The average molecular weight is 255 g/mol. The van der Waals surface area contributed by atoms with Crippen molar-refractivity contribution in [3.63, 3.8) is 0 Å². The number of rotatable bonds is 11. The Hall–Kier alpha value is -0.830. The third kappa shape index (κ3) is 11.6. The zero-order valence-corrected chi connectivity index (χ0v) is 12.3. The van der Waals surface area contributed by atoms with Gasteiger partial charge < -0.3 is 10.1 Å². The van der Waals surface area contributed by atoms with Crippen molar-refractivity contribution in [2.24, 2.45) is 0 Å². The first-order chi connectivity index (χ1) is 8.54. The highest BCUT2D eigenvalue weighted by atomic mass is 16.5. The van der Waals surface area contributed by atoms with E-state index in [1.807, 2.05) is 0 Å². The van der Waals surface area contributed by atoms with Gasteiger partial charge in [0.2, 0.25) is 5.91 Å². The van der Waals surface area contributed by atoms with E-state index in [1.165, 1.54) is 25.7 Å². The van der Waals surface area contributed by atoms with Crippen LogP contribution in [0.5, 0.6) is 0 Å². The zero-order valence-electron chi connectivity index (χ0n) is 12.3. The number of unbranched alkanes of at least 4 members (excludes halogenated alkanes) is 5. The summed E-state index contributed by atoms with van der Waals surface area (Å²) in [5.74, 6) is -0.0270. The summed E-state index contributed by atoms with van der Waals surface area (Å²) in [5.41, 5.74) is 0.583. The Kier molecular flexibility index (Phi) is 10.8. The largest absolute Gasteiger partial charge is 0.379 e. The molecule has 3 heteroatoms. The minimum Gasteiger partial charge on any atom is -0.379 e. The van der Waals surface area contributed by atoms with E-state index in [1.54, 1.807) is 6.92 Å². The van der Waals surface area contributed by atoms with E-state index in [2.05, 4.69) is 25.7 Å². The third-order valence-electron chi connectivity index (χ3n) is 2.70. The summed E-state index contributed by atoms with van der Waals surface area (Å²) in [6, 6.07) is 0. The van der Waals surface area contributed by atoms with E-state index < -0.39 is 0 Å². The van der Waals surface area contributed by atoms with Gasteiger partial charge in [-0.1, -0.05) is 32.3 Å². The van der Waals surface area contributed by atoms with Crippen LogP contribution >= 0.6 is 0 Å². The van der Waals surface area contributed by atoms with Crippen molar-refractivity contribution in [3.05, 3.63) is 12.2 Å². The highest BCUT2D eigenvalue weighted by Gasteiger charge is 1.99. The molecule has 0 fully saturated rings. The molecule has 0 bridgehead atoms. The highest BCUT2D eigenvalue weighted by molar-refractivity contribution is 5.91. The number of amides is 1. The fraction of sp³-hybridized carbons (Fsp3) is 0.800. The van der Waals surface area contributed by atoms with E-state index in [-0.39, 0.29) is 5.91 Å². The molecular weight excluding hydrogens is 226 g/mol. The molecular formula is C15H29NO2. The summed E-state index contributed by atoms with van der Waals surface area (Å²) in [5, 5.41) is 2.85. The van der Waals surface area contributed by atoms with Gasteiger partial charge in [0.05, 0.1) is 6.10 Å². The van der Waals surface area contributed by atoms with Crippen LogP contribution in [0.1, 0.15) is 59.3 Å². The molecule has 106 valence electrons. The fourth-order valence-electron chi connectivity index (χ4n) is 1.61. The van der Waals surface area contributed by atoms with Gasteiger partial charge in [-0.05, 0) is 33.6 Å². The minimum absolute atomic E-state index is 0.0270. The number of carbonyl (C=O) groups excluding carboxylic acids is 1. The molecule has 1 N–H and O–H groups in total. The smallest absolute Gasteiger partial charge is 0.246 e. The maximum atomic E-state index is 11.2. The van der Waals surface area contributed by atoms with Gasteiger partial charge in [-0.25, -0.2) is 0 Å². The lowest BCUT2D eigenvalue weighted by molar-refractivity contribution is -0.117. The van der Waals surface area contributed by atoms with Crippen LogP contribution < -0.4 is 5.32 Å². The molecule has 0 atom stereocenters. The molecule has 0 unspecified atom stereocenters. The first-order valence-corrected chi connectivity index (χ1v) is 7.09. The van der Waals surface area contributed by atoms with Crippen molar-refractivity contribution in [1.29, 1.82) is 0 Å². The molecule has 3 nitrogen and oxygen atoms in total. The summed E-state index contributed by atoms with van der Waals surface area (Å²) < 4.78 is 5.48. The van der Waals surface area contributed by atoms with E-state index >= 15 is 0 Å². The molecule has 0 rings (SSSR count). The van der Waals surface area contributed by atoms with Crippen molar-refractivity contribution in [3.8, 4) is 0 Å². The first kappa shape index (κ1) is 17.2. The summed E-state index contributed by atoms with van der Waals surface area (Å²) in [7, 11) is 0. The van der Waals surface area contributed by atoms with Crippen molar-refractivity contribution in [2.45, 2.75) is 65.4 Å². The molecule has 18 heavy (non-hydrogen) atoms. The standard InChI is InChI=1S/C15H29NO2/c1-13(2)15(17)16-11-9-7-5-6-8-10-12-18-14(3)4/h14H,1,5-12H2,2-4H3,(H,16,17). The van der Waals surface area contributed by atoms with Crippen molar-refractivity contribution in [1.82, 2.24) is 5.32 Å². The van der Waals surface area contributed by atoms with Gasteiger partial charge in [0.1, 0.15) is 0 Å². The van der Waals surface area contributed by atoms with Crippen LogP contribution in [0, 0.1) is 0 Å². The highest BCUT2D eigenvalue weighted by Crippen LogP contribution is 2.05. The number of ether oxygens (including phenoxy) is 1. The molecule has 0 aliphatic rings. The second-order valence-electron chi connectivity index (χ2n) is 5.08. The molecule has 0 saturated heterocycles. The van der Waals surface area contributed by atoms with Gasteiger partial charge in [0.25, 0.3) is 0 Å². The molecule has 1 amide bonds. The molecule has 0 spiro atoms. The van der Waals surface area contributed by atoms with Crippen LogP contribution in [0.15, 0.2) is 12.2 Å². The molecule has 0 aliphatic heterocycles. The molecule has 0 heterocycles. The van der Waals surface area contributed by atoms with Gasteiger partial charge in [0, 0.05) is 18.7 Å². The van der Waals surface area contributed by atoms with E-state index in [0.717, 1.165) is 26.0 Å². The van der Waals surface area contributed by atoms with Crippen molar-refractivity contribution >= 4 is 5.91 Å². The summed E-state index contributed by atoms with van der Waals surface area (Å²) in [6.45, 7) is 11.1. The quantitative estimate of drug-likeness (QED) is 0.453. The number of carbonyl (C=O) groups is 1. The van der Waals surface area contributed by atoms with E-state index in [9.17, 15) is 4.79 Å². The lowest BCUT2D eigenvalue weighted by Crippen LogP contribution is -2.24. The summed E-state index contributed by atoms with van der Waals surface area (Å²) in [4.78, 5) is 11.2. The third-order valence-corrected chi connectivity index (χ3v) is 2.70. The van der Waals surface area contributed by atoms with Crippen LogP contribution in [0.4, 0.5) is 0 Å². The Morgan fingerprint density at radius 2 is 1.67 bits per heavy atom. The second-order valence-corrected chi connectivity index (χ2v) is 5.08. The van der Waals surface area contributed by atoms with Gasteiger partial charge in [-0.15, -0.1) is 0 Å². The Bertz CT molecular complexity index is 237. The summed E-state index contributed by atoms with van der Waals surface area (Å²) in [6.07, 6.45) is 7.49. The molecule has 0 aromatic heterocycles. The lowest BCUT2D eigenvalue weighted by Gasteiger charge is -2.07. The van der Waals surface area contributed by atoms with E-state index in [0.29, 0.717) is 11.7 Å². The fourth-order valence-corrected chi connectivity index (χ4v) is 1.61. The van der Waals surface area contributed by atoms with Crippen LogP contribution in [0.25, 0.3) is 0 Å². The maximum Gasteiger partial charge on any atom is 0.246 e. The number of hydrogen-bond donors (Lipinski definition) is 1. The molecule has 0 aromatic rings. The predicted molar refractivity (Wildman–Crippen MR) is 76.6 cm³/mol. The summed E-state index contributed by atoms with van der Waals surface area (Å²) >= 11 is 0. The SMILES string of the molecule is C=C(C)C(=O)NCCCCCCCCOC(C)C. The average Bonchev–Trinajstić information content (AvgIpc) is 2.30. The maximum absolute atomic E-state index is 11.2. The monoisotopic (exact) mass is 255 g/mol. The molecule has 0 radical (unpaired) electrons. The van der Waals surface area contributed by atoms with Gasteiger partial charge in [-0.2, -0.15) is 0 Å². The first-order valence-electron chi connectivity index (χ1n) is 7.09. The van der Waals surface area contributed by atoms with Crippen LogP contribution in [0.3, 0.4) is 0 Å². The number of hydrogen-bond acceptors (Lipinski definition) is 2. The predicted octanol–water partition coefficient (Wildman–Crippen LogP) is 3.44. The van der Waals surface area contributed by atoms with Crippen molar-refractivity contribution in [2.75, 3.05) is 13.2 Å². The Morgan fingerprint density at radius 1 is 1.11 bits per heavy atom. The van der Waals surface area contributed by atoms with Crippen LogP contribution in [0.2, 0.25) is 0 Å². The number of nitrogens with one attached hydrogen (secondary N) is 1. The van der Waals surface area contributed by atoms with Crippen molar-refractivity contribution < 1.29 is 9.53 Å². The minimum atomic E-state index is -0.0270. The van der Waals surface area contributed by atoms with Gasteiger partial charge >= 0.3 is 0 Å². The molecule has 0 saturated carbocycles.